The number of carbonyl (C=O) groups is 1. The zero-order valence-corrected chi connectivity index (χ0v) is 4.29. The molecule has 44 valence electrons. The summed E-state index contributed by atoms with van der Waals surface area (Å²) >= 11 is 0. The predicted octanol–water partition coefficient (Wildman–Crippen LogP) is -1.24. The first-order chi connectivity index (χ1) is 3.79. The average molecular weight is 113 g/mol. The minimum atomic E-state index is -0.0741. The molecule has 0 saturated heterocycles. The van der Waals surface area contributed by atoms with Gasteiger partial charge < -0.3 is 10.3 Å². The lowest BCUT2D eigenvalue weighted by molar-refractivity contribution is -0.121. The first-order valence-corrected chi connectivity index (χ1v) is 2.26. The molecule has 1 amide bonds. The molecule has 0 spiro atoms. The van der Waals surface area contributed by atoms with Crippen molar-refractivity contribution in [3.8, 4) is 0 Å². The topological polar surface area (TPSA) is 58.4 Å². The fraction of sp³-hybridized carbons (Fsp3) is 0.250. The summed E-state index contributed by atoms with van der Waals surface area (Å²) in [6, 6.07) is 0. The lowest BCUT2D eigenvalue weighted by Gasteiger charge is -2.15. The van der Waals surface area contributed by atoms with Gasteiger partial charge in [-0.15, -0.1) is 0 Å². The van der Waals surface area contributed by atoms with E-state index in [1.165, 1.54) is 11.2 Å². The number of hydrogen-bond donors (Lipinski definition) is 2. The smallest absolute Gasteiger partial charge is 0.245 e. The van der Waals surface area contributed by atoms with Crippen molar-refractivity contribution in [3.05, 3.63) is 12.4 Å². The van der Waals surface area contributed by atoms with E-state index in [0.717, 1.165) is 0 Å². The fourth-order valence-electron chi connectivity index (χ4n) is 0.490. The summed E-state index contributed by atoms with van der Waals surface area (Å²) in [5.41, 5.74) is 0. The van der Waals surface area contributed by atoms with E-state index in [1.54, 1.807) is 6.20 Å². The maximum absolute atomic E-state index is 10.4. The second-order valence-corrected chi connectivity index (χ2v) is 1.56. The number of rotatable bonds is 0. The molecule has 0 radical (unpaired) electrons. The van der Waals surface area contributed by atoms with Gasteiger partial charge in [0.15, 0.2) is 0 Å². The molecule has 4 heteroatoms. The molecule has 4 nitrogen and oxygen atoms in total. The lowest BCUT2D eigenvalue weighted by Crippen LogP contribution is -2.40. The van der Waals surface area contributed by atoms with E-state index in [2.05, 4.69) is 5.32 Å². The Morgan fingerprint density at radius 3 is 3.00 bits per heavy atom. The first kappa shape index (κ1) is 5.11. The maximum Gasteiger partial charge on any atom is 0.245 e. The number of hydrogen-bond acceptors (Lipinski definition) is 3. The molecule has 0 aliphatic carbocycles. The van der Waals surface area contributed by atoms with Crippen molar-refractivity contribution >= 4 is 5.91 Å². The Morgan fingerprint density at radius 2 is 2.62 bits per heavy atom. The third-order valence-electron chi connectivity index (χ3n) is 0.837. The molecule has 8 heavy (non-hydrogen) atoms. The Kier molecular flexibility index (Phi) is 1.17. The Hall–Kier alpha value is -1.03. The van der Waals surface area contributed by atoms with Crippen LogP contribution in [0.4, 0.5) is 0 Å². The van der Waals surface area contributed by atoms with E-state index in [0.29, 0.717) is 0 Å². The van der Waals surface area contributed by atoms with E-state index in [9.17, 15) is 4.79 Å². The zero-order valence-electron chi connectivity index (χ0n) is 4.29. The van der Waals surface area contributed by atoms with Crippen molar-refractivity contribution in [1.82, 2.24) is 10.3 Å². The molecule has 0 saturated carbocycles. The number of nitrogens with two attached hydrogens (primary N) is 1. The lowest BCUT2D eigenvalue weighted by atomic mass is 10.5. The molecule has 0 unspecified atom stereocenters. The van der Waals surface area contributed by atoms with Crippen LogP contribution in [0.15, 0.2) is 12.4 Å². The van der Waals surface area contributed by atoms with Gasteiger partial charge in [-0.05, 0) is 0 Å². The SMILES string of the molecule is NN1C=CNC(=O)C1. The molecule has 1 heterocycles. The van der Waals surface area contributed by atoms with Gasteiger partial charge in [0.05, 0.1) is 0 Å². The summed E-state index contributed by atoms with van der Waals surface area (Å²) in [5, 5.41) is 3.79. The minimum absolute atomic E-state index is 0.0741. The summed E-state index contributed by atoms with van der Waals surface area (Å²) in [6.07, 6.45) is 3.10. The Bertz CT molecular complexity index is 131. The van der Waals surface area contributed by atoms with Crippen molar-refractivity contribution in [2.75, 3.05) is 6.54 Å². The van der Waals surface area contributed by atoms with Gasteiger partial charge in [-0.1, -0.05) is 0 Å². The predicted molar refractivity (Wildman–Crippen MR) is 28.2 cm³/mol. The highest BCUT2D eigenvalue weighted by molar-refractivity contribution is 5.79. The summed E-state index contributed by atoms with van der Waals surface area (Å²) < 4.78 is 0. The van der Waals surface area contributed by atoms with E-state index in [4.69, 9.17) is 5.84 Å². The van der Waals surface area contributed by atoms with Crippen LogP contribution in [0.3, 0.4) is 0 Å². The Morgan fingerprint density at radius 1 is 1.88 bits per heavy atom. The molecule has 1 aliphatic rings. The normalized spacial score (nSPS) is 18.6. The van der Waals surface area contributed by atoms with Crippen LogP contribution in [0, 0.1) is 0 Å². The highest BCUT2D eigenvalue weighted by Crippen LogP contribution is 1.84. The van der Waals surface area contributed by atoms with Crippen molar-refractivity contribution in [3.63, 3.8) is 0 Å². The molecule has 0 bridgehead atoms. The summed E-state index contributed by atoms with van der Waals surface area (Å²) in [7, 11) is 0. The van der Waals surface area contributed by atoms with Crippen LogP contribution in [0.25, 0.3) is 0 Å². The van der Waals surface area contributed by atoms with Crippen LogP contribution >= 0.6 is 0 Å². The van der Waals surface area contributed by atoms with Crippen LogP contribution in [0.1, 0.15) is 0 Å². The van der Waals surface area contributed by atoms with Crippen molar-refractivity contribution < 1.29 is 4.79 Å². The highest BCUT2D eigenvalue weighted by atomic mass is 16.2. The zero-order chi connectivity index (χ0) is 5.98. The summed E-state index contributed by atoms with van der Waals surface area (Å²) in [4.78, 5) is 10.4. The molecular formula is C4H7N3O. The van der Waals surface area contributed by atoms with Gasteiger partial charge in [0.2, 0.25) is 5.91 Å². The quantitative estimate of drug-likeness (QED) is 0.386. The number of nitrogens with one attached hydrogen (secondary N) is 1. The molecule has 0 atom stereocenters. The van der Waals surface area contributed by atoms with Gasteiger partial charge >= 0.3 is 0 Å². The molecule has 3 N–H and O–H groups in total. The molecule has 1 rings (SSSR count). The van der Waals surface area contributed by atoms with E-state index in [1.807, 2.05) is 0 Å². The van der Waals surface area contributed by atoms with Crippen LogP contribution in [0.2, 0.25) is 0 Å². The molecule has 0 aromatic rings. The number of nitrogens with zero attached hydrogens (tertiary/aromatic N) is 1. The molecule has 0 aromatic carbocycles. The second kappa shape index (κ2) is 1.83. The van der Waals surface area contributed by atoms with Crippen molar-refractivity contribution in [2.45, 2.75) is 0 Å². The molecule has 0 fully saturated rings. The van der Waals surface area contributed by atoms with Crippen LogP contribution in [-0.2, 0) is 4.79 Å². The van der Waals surface area contributed by atoms with Crippen molar-refractivity contribution in [2.24, 2.45) is 5.84 Å². The first-order valence-electron chi connectivity index (χ1n) is 2.26. The van der Waals surface area contributed by atoms with Gasteiger partial charge in [0, 0.05) is 12.4 Å². The standard InChI is InChI=1S/C4H7N3O/c5-7-2-1-6-4(8)3-7/h1-2H,3,5H2,(H,6,8). The molecule has 1 aliphatic heterocycles. The third kappa shape index (κ3) is 0.974. The van der Waals surface area contributed by atoms with Gasteiger partial charge in [-0.3, -0.25) is 4.79 Å². The maximum atomic E-state index is 10.4. The van der Waals surface area contributed by atoms with Crippen LogP contribution < -0.4 is 11.2 Å². The number of carbonyl (C=O) groups excluding carboxylic acids is 1. The van der Waals surface area contributed by atoms with Gasteiger partial charge in [-0.2, -0.15) is 0 Å². The number of hydrazine groups is 1. The van der Waals surface area contributed by atoms with Crippen LogP contribution in [-0.4, -0.2) is 17.5 Å². The fourth-order valence-corrected chi connectivity index (χ4v) is 0.490. The molecular weight excluding hydrogens is 106 g/mol. The van der Waals surface area contributed by atoms with Gasteiger partial charge in [-0.25, -0.2) is 5.84 Å². The Labute approximate surface area is 46.9 Å². The van der Waals surface area contributed by atoms with E-state index in [-0.39, 0.29) is 12.5 Å². The second-order valence-electron chi connectivity index (χ2n) is 1.56. The van der Waals surface area contributed by atoms with Crippen molar-refractivity contribution in [1.29, 1.82) is 0 Å². The van der Waals surface area contributed by atoms with Gasteiger partial charge in [0.1, 0.15) is 6.54 Å². The number of amides is 1. The highest BCUT2D eigenvalue weighted by Gasteiger charge is 2.04. The minimum Gasteiger partial charge on any atom is -0.330 e. The van der Waals surface area contributed by atoms with Gasteiger partial charge in [0.25, 0.3) is 0 Å². The average Bonchev–Trinajstić information content (AvgIpc) is 1.64. The summed E-state index contributed by atoms with van der Waals surface area (Å²) in [5.74, 6) is 5.14. The monoisotopic (exact) mass is 113 g/mol. The van der Waals surface area contributed by atoms with E-state index < -0.39 is 0 Å². The molecule has 0 aromatic heterocycles. The van der Waals surface area contributed by atoms with Crippen LogP contribution in [0.5, 0.6) is 0 Å². The Balaban J connectivity index is 2.54. The largest absolute Gasteiger partial charge is 0.330 e. The summed E-state index contributed by atoms with van der Waals surface area (Å²) in [6.45, 7) is 0.247. The van der Waals surface area contributed by atoms with E-state index >= 15 is 0 Å². The third-order valence-corrected chi connectivity index (χ3v) is 0.837.